The summed E-state index contributed by atoms with van der Waals surface area (Å²) in [6, 6.07) is 8.64. The minimum Gasteiger partial charge on any atom is -0.371 e. The van der Waals surface area contributed by atoms with Gasteiger partial charge in [-0.3, -0.25) is 0 Å². The highest BCUT2D eigenvalue weighted by atomic mass is 15.2. The van der Waals surface area contributed by atoms with Crippen molar-refractivity contribution in [1.29, 1.82) is 5.26 Å². The number of nitriles is 1. The summed E-state index contributed by atoms with van der Waals surface area (Å²) < 4.78 is 0. The molecule has 3 nitrogen and oxygen atoms in total. The van der Waals surface area contributed by atoms with Crippen LogP contribution in [-0.2, 0) is 0 Å². The molecule has 118 valence electrons. The van der Waals surface area contributed by atoms with Gasteiger partial charge in [0.1, 0.15) is 0 Å². The highest BCUT2D eigenvalue weighted by Gasteiger charge is 2.43. The molecule has 1 aromatic carbocycles. The molecule has 2 saturated heterocycles. The Morgan fingerprint density at radius 2 is 2.00 bits per heavy atom. The number of nitrogens with zero attached hydrogens (tertiary/aromatic N) is 3. The van der Waals surface area contributed by atoms with Crippen LogP contribution in [0.25, 0.3) is 0 Å². The summed E-state index contributed by atoms with van der Waals surface area (Å²) in [6.07, 6.45) is 2.62. The monoisotopic (exact) mass is 297 g/mol. The molecule has 0 aliphatic carbocycles. The second-order valence-corrected chi connectivity index (χ2v) is 7.66. The summed E-state index contributed by atoms with van der Waals surface area (Å²) in [5, 5.41) is 9.23. The number of benzene rings is 1. The van der Waals surface area contributed by atoms with Crippen LogP contribution >= 0.6 is 0 Å². The molecular weight excluding hydrogens is 270 g/mol. The van der Waals surface area contributed by atoms with Crippen LogP contribution in [0.4, 0.5) is 5.69 Å². The van der Waals surface area contributed by atoms with E-state index in [0.717, 1.165) is 30.1 Å². The van der Waals surface area contributed by atoms with Gasteiger partial charge in [-0.05, 0) is 49.9 Å². The number of rotatable bonds is 3. The zero-order valence-electron chi connectivity index (χ0n) is 14.1. The quantitative estimate of drug-likeness (QED) is 0.856. The maximum atomic E-state index is 9.23. The van der Waals surface area contributed by atoms with Crippen LogP contribution < -0.4 is 4.90 Å². The molecule has 2 fully saturated rings. The molecule has 0 aromatic heterocycles. The van der Waals surface area contributed by atoms with Crippen LogP contribution in [-0.4, -0.2) is 37.6 Å². The van der Waals surface area contributed by atoms with Crippen molar-refractivity contribution in [3.63, 3.8) is 0 Å². The van der Waals surface area contributed by atoms with E-state index in [9.17, 15) is 5.26 Å². The lowest BCUT2D eigenvalue weighted by molar-refractivity contribution is 0.253. The first-order valence-electron chi connectivity index (χ1n) is 8.49. The summed E-state index contributed by atoms with van der Waals surface area (Å²) in [7, 11) is 0. The van der Waals surface area contributed by atoms with Gasteiger partial charge in [-0.1, -0.05) is 19.9 Å². The first-order valence-corrected chi connectivity index (χ1v) is 8.49. The molecule has 0 saturated carbocycles. The molecule has 0 radical (unpaired) electrons. The Kier molecular flexibility index (Phi) is 4.14. The van der Waals surface area contributed by atoms with Gasteiger partial charge in [0.05, 0.1) is 11.6 Å². The van der Waals surface area contributed by atoms with Crippen molar-refractivity contribution in [3.8, 4) is 6.07 Å². The van der Waals surface area contributed by atoms with Gasteiger partial charge in [0.2, 0.25) is 0 Å². The maximum absolute atomic E-state index is 9.23. The fourth-order valence-corrected chi connectivity index (χ4v) is 4.12. The van der Waals surface area contributed by atoms with Crippen molar-refractivity contribution in [3.05, 3.63) is 29.3 Å². The minimum absolute atomic E-state index is 0.479. The van der Waals surface area contributed by atoms with Crippen LogP contribution in [0.3, 0.4) is 0 Å². The van der Waals surface area contributed by atoms with Crippen LogP contribution in [0.1, 0.15) is 37.8 Å². The molecular formula is C19H27N3. The molecule has 1 atom stereocenters. The largest absolute Gasteiger partial charge is 0.371 e. The average molecular weight is 297 g/mol. The van der Waals surface area contributed by atoms with E-state index in [0.29, 0.717) is 5.41 Å². The van der Waals surface area contributed by atoms with Gasteiger partial charge in [-0.25, -0.2) is 0 Å². The van der Waals surface area contributed by atoms with Crippen LogP contribution in [0, 0.1) is 29.6 Å². The van der Waals surface area contributed by atoms with Crippen molar-refractivity contribution in [2.75, 3.05) is 37.6 Å². The Hall–Kier alpha value is -1.53. The van der Waals surface area contributed by atoms with Gasteiger partial charge in [-0.2, -0.15) is 5.26 Å². The third-order valence-corrected chi connectivity index (χ3v) is 5.29. The van der Waals surface area contributed by atoms with E-state index in [2.05, 4.69) is 47.9 Å². The van der Waals surface area contributed by atoms with E-state index in [1.165, 1.54) is 38.2 Å². The van der Waals surface area contributed by atoms with Gasteiger partial charge in [-0.15, -0.1) is 0 Å². The second kappa shape index (κ2) is 5.93. The molecule has 2 heterocycles. The van der Waals surface area contributed by atoms with Gasteiger partial charge in [0.25, 0.3) is 0 Å². The van der Waals surface area contributed by atoms with E-state index >= 15 is 0 Å². The molecule has 0 bridgehead atoms. The lowest BCUT2D eigenvalue weighted by Gasteiger charge is -2.26. The fourth-order valence-electron chi connectivity index (χ4n) is 4.12. The predicted molar refractivity (Wildman–Crippen MR) is 91.1 cm³/mol. The molecule has 0 amide bonds. The highest BCUT2D eigenvalue weighted by molar-refractivity contribution is 5.55. The summed E-state index contributed by atoms with van der Waals surface area (Å²) >= 11 is 0. The van der Waals surface area contributed by atoms with Crippen molar-refractivity contribution in [2.24, 2.45) is 11.3 Å². The van der Waals surface area contributed by atoms with Crippen molar-refractivity contribution in [1.82, 2.24) is 4.90 Å². The molecule has 0 N–H and O–H groups in total. The topological polar surface area (TPSA) is 30.3 Å². The SMILES string of the molecule is Cc1ccc(N2CCC3(CCN(CC(C)C)C3)C2)cc1C#N. The molecule has 1 aromatic rings. The number of aryl methyl sites for hydroxylation is 1. The Balaban J connectivity index is 1.69. The van der Waals surface area contributed by atoms with E-state index in [4.69, 9.17) is 0 Å². The van der Waals surface area contributed by atoms with Gasteiger partial charge in [0.15, 0.2) is 0 Å². The van der Waals surface area contributed by atoms with Crippen LogP contribution in [0.5, 0.6) is 0 Å². The van der Waals surface area contributed by atoms with Gasteiger partial charge >= 0.3 is 0 Å². The molecule has 3 rings (SSSR count). The number of anilines is 1. The Morgan fingerprint density at radius 1 is 1.23 bits per heavy atom. The van der Waals surface area contributed by atoms with Crippen LogP contribution in [0.2, 0.25) is 0 Å². The zero-order chi connectivity index (χ0) is 15.7. The lowest BCUT2D eigenvalue weighted by atomic mass is 9.86. The van der Waals surface area contributed by atoms with E-state index in [1.807, 2.05) is 6.92 Å². The number of likely N-dealkylation sites (tertiary alicyclic amines) is 1. The first kappa shape index (κ1) is 15.4. The normalized spacial score (nSPS) is 25.3. The van der Waals surface area contributed by atoms with Crippen LogP contribution in [0.15, 0.2) is 18.2 Å². The third-order valence-electron chi connectivity index (χ3n) is 5.29. The maximum Gasteiger partial charge on any atom is 0.0995 e. The Bertz CT molecular complexity index is 587. The molecule has 1 spiro atoms. The Morgan fingerprint density at radius 3 is 2.73 bits per heavy atom. The predicted octanol–water partition coefficient (Wildman–Crippen LogP) is 3.42. The fraction of sp³-hybridized carbons (Fsp3) is 0.632. The second-order valence-electron chi connectivity index (χ2n) is 7.66. The molecule has 2 aliphatic heterocycles. The van der Waals surface area contributed by atoms with Crippen molar-refractivity contribution < 1.29 is 0 Å². The smallest absolute Gasteiger partial charge is 0.0995 e. The Labute approximate surface area is 134 Å². The highest BCUT2D eigenvalue weighted by Crippen LogP contribution is 2.41. The number of hydrogen-bond donors (Lipinski definition) is 0. The average Bonchev–Trinajstić information content (AvgIpc) is 3.06. The molecule has 2 aliphatic rings. The zero-order valence-corrected chi connectivity index (χ0v) is 14.1. The molecule has 22 heavy (non-hydrogen) atoms. The van der Waals surface area contributed by atoms with Gasteiger partial charge < -0.3 is 9.80 Å². The third kappa shape index (κ3) is 2.98. The standard InChI is InChI=1S/C19H27N3/c1-15(2)12-21-8-6-19(13-21)7-9-22(14-19)18-5-4-16(3)17(10-18)11-20/h4-5,10,15H,6-9,12-14H2,1-3H3. The van der Waals surface area contributed by atoms with E-state index in [-0.39, 0.29) is 0 Å². The minimum atomic E-state index is 0.479. The summed E-state index contributed by atoms with van der Waals surface area (Å²) in [6.45, 7) is 12.6. The first-order chi connectivity index (χ1) is 10.5. The molecule has 3 heteroatoms. The number of hydrogen-bond acceptors (Lipinski definition) is 3. The lowest BCUT2D eigenvalue weighted by Crippen LogP contribution is -2.32. The van der Waals surface area contributed by atoms with E-state index < -0.39 is 0 Å². The summed E-state index contributed by atoms with van der Waals surface area (Å²) in [5.74, 6) is 0.753. The van der Waals surface area contributed by atoms with Crippen molar-refractivity contribution >= 4 is 5.69 Å². The molecule has 1 unspecified atom stereocenters. The summed E-state index contributed by atoms with van der Waals surface area (Å²) in [5.41, 5.74) is 3.59. The van der Waals surface area contributed by atoms with Gasteiger partial charge in [0, 0.05) is 37.3 Å². The van der Waals surface area contributed by atoms with E-state index in [1.54, 1.807) is 0 Å². The van der Waals surface area contributed by atoms with Crippen molar-refractivity contribution in [2.45, 2.75) is 33.6 Å². The summed E-state index contributed by atoms with van der Waals surface area (Å²) in [4.78, 5) is 5.13.